The number of rotatable bonds is 5. The zero-order valence-electron chi connectivity index (χ0n) is 15.7. The molecule has 1 aliphatic heterocycles. The fourth-order valence-electron chi connectivity index (χ4n) is 3.62. The molecule has 0 unspecified atom stereocenters. The Balaban J connectivity index is 1.31. The first kappa shape index (κ1) is 18.3. The van der Waals surface area contributed by atoms with Crippen molar-refractivity contribution in [2.45, 2.75) is 25.5 Å². The highest BCUT2D eigenvalue weighted by atomic mass is 32.1. The van der Waals surface area contributed by atoms with Crippen molar-refractivity contribution in [1.82, 2.24) is 14.9 Å². The molecule has 0 N–H and O–H groups in total. The number of para-hydroxylation sites is 1. The van der Waals surface area contributed by atoms with E-state index in [9.17, 15) is 4.79 Å². The van der Waals surface area contributed by atoms with Crippen LogP contribution in [0.1, 0.15) is 39.9 Å². The smallest absolute Gasteiger partial charge is 0.254 e. The van der Waals surface area contributed by atoms with Crippen LogP contribution in [0.3, 0.4) is 0 Å². The zero-order chi connectivity index (χ0) is 19.6. The van der Waals surface area contributed by atoms with Gasteiger partial charge in [-0.3, -0.25) is 4.79 Å². The first-order valence-electron chi connectivity index (χ1n) is 9.54. The number of carbonyl (C=O) groups excluding carboxylic acids is 1. The molecule has 1 amide bonds. The molecule has 29 heavy (non-hydrogen) atoms. The fourth-order valence-corrected chi connectivity index (χ4v) is 5.28. The van der Waals surface area contributed by atoms with Gasteiger partial charge in [0, 0.05) is 17.5 Å². The molecule has 5 rings (SSSR count). The maximum atomic E-state index is 13.2. The van der Waals surface area contributed by atoms with Crippen LogP contribution in [0.25, 0.3) is 10.2 Å². The monoisotopic (exact) mass is 421 g/mol. The van der Waals surface area contributed by atoms with Crippen LogP contribution in [0.2, 0.25) is 0 Å². The summed E-state index contributed by atoms with van der Waals surface area (Å²) in [6, 6.07) is 15.6. The number of aromatic nitrogens is 2. The first-order chi connectivity index (χ1) is 14.3. The van der Waals surface area contributed by atoms with Crippen LogP contribution in [0.15, 0.2) is 59.4 Å². The molecule has 0 bridgehead atoms. The summed E-state index contributed by atoms with van der Waals surface area (Å²) in [5, 5.41) is 2.99. The molecule has 146 valence electrons. The number of amides is 1. The molecule has 1 atom stereocenters. The van der Waals surface area contributed by atoms with Gasteiger partial charge in [0.05, 0.1) is 27.5 Å². The summed E-state index contributed by atoms with van der Waals surface area (Å²) in [7, 11) is 0. The predicted octanol–water partition coefficient (Wildman–Crippen LogP) is 5.31. The van der Waals surface area contributed by atoms with E-state index in [2.05, 4.69) is 11.1 Å². The van der Waals surface area contributed by atoms with Gasteiger partial charge in [0.1, 0.15) is 17.4 Å². The molecule has 0 radical (unpaired) electrons. The highest BCUT2D eigenvalue weighted by Gasteiger charge is 2.32. The van der Waals surface area contributed by atoms with Gasteiger partial charge in [-0.2, -0.15) is 0 Å². The number of hydrogen-bond donors (Lipinski definition) is 0. The summed E-state index contributed by atoms with van der Waals surface area (Å²) < 4.78 is 6.92. The van der Waals surface area contributed by atoms with E-state index < -0.39 is 0 Å². The Bertz CT molecular complexity index is 1090. The van der Waals surface area contributed by atoms with Crippen molar-refractivity contribution in [1.29, 1.82) is 0 Å². The molecule has 0 saturated carbocycles. The lowest BCUT2D eigenvalue weighted by Crippen LogP contribution is -2.30. The van der Waals surface area contributed by atoms with Gasteiger partial charge < -0.3 is 9.64 Å². The molecule has 1 aliphatic rings. The van der Waals surface area contributed by atoms with Gasteiger partial charge >= 0.3 is 0 Å². The normalized spacial score (nSPS) is 16.4. The Labute approximate surface area is 176 Å². The van der Waals surface area contributed by atoms with Gasteiger partial charge in [0.25, 0.3) is 5.91 Å². The van der Waals surface area contributed by atoms with Gasteiger partial charge in [0.15, 0.2) is 0 Å². The van der Waals surface area contributed by atoms with E-state index in [0.29, 0.717) is 12.2 Å². The van der Waals surface area contributed by atoms with Gasteiger partial charge in [-0.1, -0.05) is 12.1 Å². The molecule has 5 nitrogen and oxygen atoms in total. The Morgan fingerprint density at radius 1 is 1.17 bits per heavy atom. The van der Waals surface area contributed by atoms with Crippen LogP contribution in [-0.2, 0) is 6.61 Å². The van der Waals surface area contributed by atoms with Gasteiger partial charge in [0.2, 0.25) is 0 Å². The van der Waals surface area contributed by atoms with Crippen molar-refractivity contribution < 1.29 is 9.53 Å². The van der Waals surface area contributed by atoms with Crippen LogP contribution < -0.4 is 4.74 Å². The van der Waals surface area contributed by atoms with E-state index in [1.54, 1.807) is 28.2 Å². The maximum Gasteiger partial charge on any atom is 0.254 e. The maximum absolute atomic E-state index is 13.2. The van der Waals surface area contributed by atoms with E-state index in [4.69, 9.17) is 9.72 Å². The highest BCUT2D eigenvalue weighted by Crippen LogP contribution is 2.37. The Hall–Kier alpha value is -2.77. The minimum atomic E-state index is 0.0535. The number of thiazole rings is 2. The molecule has 4 aromatic rings. The summed E-state index contributed by atoms with van der Waals surface area (Å²) in [4.78, 5) is 24.1. The van der Waals surface area contributed by atoms with Crippen molar-refractivity contribution >= 4 is 38.8 Å². The van der Waals surface area contributed by atoms with E-state index in [0.717, 1.165) is 41.4 Å². The van der Waals surface area contributed by atoms with Crippen molar-refractivity contribution in [3.8, 4) is 5.75 Å². The molecule has 1 saturated heterocycles. The molecule has 0 aliphatic carbocycles. The van der Waals surface area contributed by atoms with E-state index in [1.807, 2.05) is 52.7 Å². The van der Waals surface area contributed by atoms with Crippen molar-refractivity contribution in [3.63, 3.8) is 0 Å². The number of fused-ring (bicyclic) bond motifs is 1. The molecular formula is C22H19N3O2S2. The van der Waals surface area contributed by atoms with E-state index >= 15 is 0 Å². The molecule has 1 fully saturated rings. The third-order valence-electron chi connectivity index (χ3n) is 5.08. The number of benzene rings is 2. The quantitative estimate of drug-likeness (QED) is 0.438. The van der Waals surface area contributed by atoms with Crippen LogP contribution in [0.5, 0.6) is 5.75 Å². The summed E-state index contributed by atoms with van der Waals surface area (Å²) in [5.41, 5.74) is 4.39. The second-order valence-electron chi connectivity index (χ2n) is 6.97. The van der Waals surface area contributed by atoms with Crippen molar-refractivity contribution in [2.75, 3.05) is 6.54 Å². The molecule has 2 aromatic heterocycles. The van der Waals surface area contributed by atoms with Crippen molar-refractivity contribution in [2.24, 2.45) is 0 Å². The third kappa shape index (κ3) is 3.75. The van der Waals surface area contributed by atoms with Crippen LogP contribution in [0.4, 0.5) is 0 Å². The predicted molar refractivity (Wildman–Crippen MR) is 116 cm³/mol. The number of likely N-dealkylation sites (tertiary alicyclic amines) is 1. The Morgan fingerprint density at radius 3 is 2.83 bits per heavy atom. The van der Waals surface area contributed by atoms with Crippen LogP contribution >= 0.6 is 22.7 Å². The first-order valence-corrected chi connectivity index (χ1v) is 11.3. The number of carbonyl (C=O) groups is 1. The second-order valence-corrected chi connectivity index (χ2v) is 8.75. The lowest BCUT2D eigenvalue weighted by molar-refractivity contribution is 0.0735. The summed E-state index contributed by atoms with van der Waals surface area (Å²) in [6.45, 7) is 1.20. The van der Waals surface area contributed by atoms with Crippen molar-refractivity contribution in [3.05, 3.63) is 75.7 Å². The van der Waals surface area contributed by atoms with Gasteiger partial charge in [-0.15, -0.1) is 22.7 Å². The minimum Gasteiger partial charge on any atom is -0.487 e. The highest BCUT2D eigenvalue weighted by molar-refractivity contribution is 7.18. The van der Waals surface area contributed by atoms with Crippen LogP contribution in [0, 0.1) is 0 Å². The topological polar surface area (TPSA) is 55.3 Å². The lowest BCUT2D eigenvalue weighted by Gasteiger charge is -2.23. The van der Waals surface area contributed by atoms with Gasteiger partial charge in [-0.05, 0) is 49.2 Å². The minimum absolute atomic E-state index is 0.0535. The lowest BCUT2D eigenvalue weighted by atomic mass is 10.1. The summed E-state index contributed by atoms with van der Waals surface area (Å²) in [5.74, 6) is 0.788. The Kier molecular flexibility index (Phi) is 4.99. The fraction of sp³-hybridized carbons (Fsp3) is 0.227. The molecular weight excluding hydrogens is 402 g/mol. The number of ether oxygens (including phenoxy) is 1. The van der Waals surface area contributed by atoms with Gasteiger partial charge in [-0.25, -0.2) is 9.97 Å². The average Bonchev–Trinajstić information content (AvgIpc) is 3.52. The SMILES string of the molecule is O=C(c1ccc(OCc2cscn2)cc1)N1CCC[C@H]1c1nc2ccccc2s1. The Morgan fingerprint density at radius 2 is 2.03 bits per heavy atom. The molecule has 3 heterocycles. The summed E-state index contributed by atoms with van der Waals surface area (Å²) >= 11 is 3.24. The number of hydrogen-bond acceptors (Lipinski definition) is 6. The van der Waals surface area contributed by atoms with E-state index in [1.165, 1.54) is 4.70 Å². The second kappa shape index (κ2) is 7.93. The van der Waals surface area contributed by atoms with E-state index in [-0.39, 0.29) is 11.9 Å². The average molecular weight is 422 g/mol. The standard InChI is InChI=1S/C22H19N3O2S2/c26-22(15-7-9-17(10-8-15)27-12-16-13-28-14-23-16)25-11-3-5-19(25)21-24-18-4-1-2-6-20(18)29-21/h1-2,4,6-10,13-14,19H,3,5,11-12H2/t19-/m0/s1. The molecule has 7 heteroatoms. The third-order valence-corrected chi connectivity index (χ3v) is 6.85. The molecule has 0 spiro atoms. The summed E-state index contributed by atoms with van der Waals surface area (Å²) in [6.07, 6.45) is 1.96. The largest absolute Gasteiger partial charge is 0.487 e. The van der Waals surface area contributed by atoms with Crippen LogP contribution in [-0.4, -0.2) is 27.3 Å². The molecule has 2 aromatic carbocycles. The number of nitrogens with zero attached hydrogens (tertiary/aromatic N) is 3. The zero-order valence-corrected chi connectivity index (χ0v) is 17.3.